The van der Waals surface area contributed by atoms with Crippen molar-refractivity contribution in [1.29, 1.82) is 0 Å². The quantitative estimate of drug-likeness (QED) is 0.613. The minimum Gasteiger partial charge on any atom is -0.449 e. The molecule has 2 amide bonds. The molecule has 0 bridgehead atoms. The maximum Gasteiger partial charge on any atom is 0.338 e. The van der Waals surface area contributed by atoms with Crippen molar-refractivity contribution in [2.24, 2.45) is 0 Å². The number of rotatable bonds is 6. The second-order valence-corrected chi connectivity index (χ2v) is 7.68. The van der Waals surface area contributed by atoms with Crippen molar-refractivity contribution < 1.29 is 19.1 Å². The predicted molar refractivity (Wildman–Crippen MR) is 119 cm³/mol. The van der Waals surface area contributed by atoms with Crippen molar-refractivity contribution in [3.63, 3.8) is 0 Å². The summed E-state index contributed by atoms with van der Waals surface area (Å²) in [6.45, 7) is 2.86. The molecule has 0 saturated carbocycles. The fourth-order valence-electron chi connectivity index (χ4n) is 3.69. The maximum absolute atomic E-state index is 12.6. The minimum atomic E-state index is -0.951. The van der Waals surface area contributed by atoms with Crippen molar-refractivity contribution in [2.75, 3.05) is 11.9 Å². The molecule has 6 nitrogen and oxygen atoms in total. The first-order chi connectivity index (χ1) is 15.0. The van der Waals surface area contributed by atoms with Gasteiger partial charge < -0.3 is 15.0 Å². The summed E-state index contributed by atoms with van der Waals surface area (Å²) in [5.74, 6) is -0.798. The van der Waals surface area contributed by atoms with Crippen molar-refractivity contribution in [3.8, 4) is 0 Å². The number of ether oxygens (including phenoxy) is 1. The largest absolute Gasteiger partial charge is 0.449 e. The van der Waals surface area contributed by atoms with E-state index in [0.717, 1.165) is 29.3 Å². The molecule has 1 heterocycles. The normalized spacial score (nSPS) is 14.5. The summed E-state index contributed by atoms with van der Waals surface area (Å²) in [7, 11) is 0. The summed E-state index contributed by atoms with van der Waals surface area (Å²) >= 11 is 0. The highest BCUT2D eigenvalue weighted by Crippen LogP contribution is 2.23. The molecule has 0 spiro atoms. The topological polar surface area (TPSA) is 75.7 Å². The molecule has 3 aromatic carbocycles. The molecule has 0 unspecified atom stereocenters. The van der Waals surface area contributed by atoms with Crippen LogP contribution in [0.15, 0.2) is 66.7 Å². The first-order valence-corrected chi connectivity index (χ1v) is 10.4. The van der Waals surface area contributed by atoms with Crippen LogP contribution in [-0.2, 0) is 20.9 Å². The van der Waals surface area contributed by atoms with Crippen LogP contribution in [0.2, 0.25) is 0 Å². The molecule has 0 aliphatic carbocycles. The zero-order valence-electron chi connectivity index (χ0n) is 17.3. The number of hydrogen-bond donors (Lipinski definition) is 1. The third-order valence-electron chi connectivity index (χ3n) is 5.43. The van der Waals surface area contributed by atoms with E-state index >= 15 is 0 Å². The number of benzene rings is 3. The molecule has 1 fully saturated rings. The van der Waals surface area contributed by atoms with E-state index in [0.29, 0.717) is 24.2 Å². The highest BCUT2D eigenvalue weighted by molar-refractivity contribution is 6.04. The van der Waals surface area contributed by atoms with Crippen molar-refractivity contribution in [2.45, 2.75) is 32.4 Å². The standard InChI is InChI=1S/C25H24N2O4/c1-17(24(29)26-22-9-4-7-19-6-2-3-8-21(19)22)31-25(30)20-13-11-18(12-14-20)16-27-15-5-10-23(27)28/h2-4,6-9,11-14,17H,5,10,15-16H2,1H3,(H,26,29)/t17-/m0/s1. The van der Waals surface area contributed by atoms with Gasteiger partial charge in [0.05, 0.1) is 5.56 Å². The van der Waals surface area contributed by atoms with E-state index in [-0.39, 0.29) is 5.91 Å². The number of anilines is 1. The molecular formula is C25H24N2O4. The minimum absolute atomic E-state index is 0.162. The van der Waals surface area contributed by atoms with Gasteiger partial charge in [0.1, 0.15) is 0 Å². The van der Waals surface area contributed by atoms with Gasteiger partial charge in [-0.3, -0.25) is 9.59 Å². The van der Waals surface area contributed by atoms with Crippen LogP contribution in [0.1, 0.15) is 35.7 Å². The Morgan fingerprint density at radius 3 is 2.52 bits per heavy atom. The molecule has 1 aliphatic rings. The van der Waals surface area contributed by atoms with Gasteiger partial charge in [0.15, 0.2) is 6.10 Å². The lowest BCUT2D eigenvalue weighted by molar-refractivity contribution is -0.128. The molecule has 1 atom stereocenters. The van der Waals surface area contributed by atoms with Crippen LogP contribution >= 0.6 is 0 Å². The second-order valence-electron chi connectivity index (χ2n) is 7.68. The third kappa shape index (κ3) is 4.74. The number of nitrogens with one attached hydrogen (secondary N) is 1. The van der Waals surface area contributed by atoms with E-state index in [9.17, 15) is 14.4 Å². The first kappa shape index (κ1) is 20.6. The zero-order valence-corrected chi connectivity index (χ0v) is 17.3. The Morgan fingerprint density at radius 2 is 1.77 bits per heavy atom. The summed E-state index contributed by atoms with van der Waals surface area (Å²) in [5.41, 5.74) is 1.99. The number of hydrogen-bond acceptors (Lipinski definition) is 4. The highest BCUT2D eigenvalue weighted by Gasteiger charge is 2.21. The number of carbonyl (C=O) groups excluding carboxylic acids is 3. The molecule has 4 rings (SSSR count). The van der Waals surface area contributed by atoms with E-state index in [1.807, 2.05) is 59.5 Å². The van der Waals surface area contributed by atoms with Crippen LogP contribution in [0.3, 0.4) is 0 Å². The molecule has 158 valence electrons. The van der Waals surface area contributed by atoms with E-state index in [1.54, 1.807) is 19.1 Å². The van der Waals surface area contributed by atoms with Gasteiger partial charge in [-0.1, -0.05) is 48.5 Å². The molecule has 31 heavy (non-hydrogen) atoms. The molecule has 0 aromatic heterocycles. The van der Waals surface area contributed by atoms with Gasteiger partial charge in [-0.25, -0.2) is 4.79 Å². The molecule has 3 aromatic rings. The first-order valence-electron chi connectivity index (χ1n) is 10.4. The van der Waals surface area contributed by atoms with Crippen LogP contribution < -0.4 is 5.32 Å². The molecular weight excluding hydrogens is 392 g/mol. The van der Waals surface area contributed by atoms with Gasteiger partial charge in [-0.05, 0) is 42.5 Å². The van der Waals surface area contributed by atoms with E-state index < -0.39 is 18.0 Å². The monoisotopic (exact) mass is 416 g/mol. The Labute approximate surface area is 180 Å². The fourth-order valence-corrected chi connectivity index (χ4v) is 3.69. The molecule has 1 saturated heterocycles. The number of nitrogens with zero attached hydrogens (tertiary/aromatic N) is 1. The Morgan fingerprint density at radius 1 is 1.03 bits per heavy atom. The Hall–Kier alpha value is -3.67. The van der Waals surface area contributed by atoms with Crippen LogP contribution in [0.5, 0.6) is 0 Å². The Bertz CT molecular complexity index is 1120. The van der Waals surface area contributed by atoms with Crippen LogP contribution in [0, 0.1) is 0 Å². The van der Waals surface area contributed by atoms with Crippen molar-refractivity contribution in [3.05, 3.63) is 77.9 Å². The Balaban J connectivity index is 1.36. The smallest absolute Gasteiger partial charge is 0.338 e. The summed E-state index contributed by atoms with van der Waals surface area (Å²) in [6, 6.07) is 20.3. The summed E-state index contributed by atoms with van der Waals surface area (Å²) in [5, 5.41) is 4.78. The van der Waals surface area contributed by atoms with Gasteiger partial charge in [0, 0.05) is 30.6 Å². The predicted octanol–water partition coefficient (Wildman–Crippen LogP) is 4.15. The SMILES string of the molecule is C[C@H](OC(=O)c1ccc(CN2CCCC2=O)cc1)C(=O)Nc1cccc2ccccc12. The van der Waals surface area contributed by atoms with Gasteiger partial charge in [0.2, 0.25) is 5.91 Å². The summed E-state index contributed by atoms with van der Waals surface area (Å²) in [6.07, 6.45) is 0.541. The number of fused-ring (bicyclic) bond motifs is 1. The van der Waals surface area contributed by atoms with Gasteiger partial charge in [0.25, 0.3) is 5.91 Å². The van der Waals surface area contributed by atoms with Crippen LogP contribution in [-0.4, -0.2) is 35.3 Å². The molecule has 1 aliphatic heterocycles. The van der Waals surface area contributed by atoms with Crippen LogP contribution in [0.4, 0.5) is 5.69 Å². The van der Waals surface area contributed by atoms with Crippen LogP contribution in [0.25, 0.3) is 10.8 Å². The van der Waals surface area contributed by atoms with E-state index in [2.05, 4.69) is 5.32 Å². The lowest BCUT2D eigenvalue weighted by atomic mass is 10.1. The highest BCUT2D eigenvalue weighted by atomic mass is 16.5. The summed E-state index contributed by atoms with van der Waals surface area (Å²) in [4.78, 5) is 38.6. The average molecular weight is 416 g/mol. The molecule has 6 heteroatoms. The Kier molecular flexibility index (Phi) is 5.98. The lowest BCUT2D eigenvalue weighted by Gasteiger charge is -2.16. The van der Waals surface area contributed by atoms with E-state index in [4.69, 9.17) is 4.74 Å². The number of esters is 1. The number of carbonyl (C=O) groups is 3. The third-order valence-corrected chi connectivity index (χ3v) is 5.43. The zero-order chi connectivity index (χ0) is 21.8. The molecule has 1 N–H and O–H groups in total. The number of likely N-dealkylation sites (tertiary alicyclic amines) is 1. The van der Waals surface area contributed by atoms with Gasteiger partial charge >= 0.3 is 5.97 Å². The van der Waals surface area contributed by atoms with Gasteiger partial charge in [-0.2, -0.15) is 0 Å². The van der Waals surface area contributed by atoms with Gasteiger partial charge in [-0.15, -0.1) is 0 Å². The number of amides is 2. The maximum atomic E-state index is 12.6. The summed E-state index contributed by atoms with van der Waals surface area (Å²) < 4.78 is 5.36. The fraction of sp³-hybridized carbons (Fsp3) is 0.240. The molecule has 0 radical (unpaired) electrons. The lowest BCUT2D eigenvalue weighted by Crippen LogP contribution is -2.30. The second kappa shape index (κ2) is 9.00. The van der Waals surface area contributed by atoms with Crippen molar-refractivity contribution in [1.82, 2.24) is 4.90 Å². The van der Waals surface area contributed by atoms with Crippen molar-refractivity contribution >= 4 is 34.2 Å². The average Bonchev–Trinajstić information content (AvgIpc) is 3.18. The van der Waals surface area contributed by atoms with E-state index in [1.165, 1.54) is 0 Å².